The van der Waals surface area contributed by atoms with Crippen LogP contribution < -0.4 is 5.73 Å². The monoisotopic (exact) mass is 596 g/mol. The lowest BCUT2D eigenvalue weighted by molar-refractivity contribution is -0.134. The van der Waals surface area contributed by atoms with Crippen molar-refractivity contribution in [3.05, 3.63) is 0 Å². The van der Waals surface area contributed by atoms with Crippen LogP contribution in [0.1, 0.15) is 239 Å². The van der Waals surface area contributed by atoms with Crippen LogP contribution in [0.2, 0.25) is 0 Å². The number of carbonyl (C=O) groups is 1. The summed E-state index contributed by atoms with van der Waals surface area (Å²) in [7, 11) is 0. The molecule has 0 radical (unpaired) electrons. The number of carboxylic acids is 1. The first-order valence-corrected chi connectivity index (χ1v) is 19.5. The fourth-order valence-corrected chi connectivity index (χ4v) is 6.05. The molecule has 0 aromatic rings. The fraction of sp³-hybridized carbons (Fsp3) is 0.974. The average Bonchev–Trinajstić information content (AvgIpc) is 2.96. The standard InChI is InChI=1S/C37H77N.C2H4O2/c1-3-5-7-9-11-13-15-17-19-21-23-25-27-29-31-33-35-37(38)36-34-32-30-28-26-24-22-20-18-16-14-12-10-8-6-4-2;1-2(3)4/h37H,3-36,38H2,1-2H3;1H3,(H,3,4). The third kappa shape index (κ3) is 46.4. The van der Waals surface area contributed by atoms with Gasteiger partial charge in [0.05, 0.1) is 0 Å². The van der Waals surface area contributed by atoms with Crippen LogP contribution in [0, 0.1) is 0 Å². The number of carboxylic acid groups (broad SMARTS) is 1. The average molecular weight is 596 g/mol. The number of hydrogen-bond donors (Lipinski definition) is 2. The Morgan fingerprint density at radius 2 is 0.548 bits per heavy atom. The van der Waals surface area contributed by atoms with Crippen molar-refractivity contribution in [2.75, 3.05) is 0 Å². The summed E-state index contributed by atoms with van der Waals surface area (Å²) in [6, 6.07) is 0.466. The molecule has 0 aliphatic rings. The van der Waals surface area contributed by atoms with E-state index in [1.165, 1.54) is 218 Å². The highest BCUT2D eigenvalue weighted by molar-refractivity contribution is 5.62. The zero-order chi connectivity index (χ0) is 31.2. The molecule has 42 heavy (non-hydrogen) atoms. The van der Waals surface area contributed by atoms with Crippen LogP contribution in [-0.4, -0.2) is 17.1 Å². The van der Waals surface area contributed by atoms with E-state index in [1.54, 1.807) is 0 Å². The molecule has 0 bridgehead atoms. The molecule has 0 saturated carbocycles. The van der Waals surface area contributed by atoms with Crippen LogP contribution in [0.3, 0.4) is 0 Å². The maximum absolute atomic E-state index is 9.00. The molecule has 0 atom stereocenters. The van der Waals surface area contributed by atoms with E-state index < -0.39 is 5.97 Å². The maximum Gasteiger partial charge on any atom is 0.300 e. The first kappa shape index (κ1) is 43.6. The third-order valence-corrected chi connectivity index (χ3v) is 8.86. The second kappa shape index (κ2) is 40.4. The summed E-state index contributed by atoms with van der Waals surface area (Å²) < 4.78 is 0. The van der Waals surface area contributed by atoms with Crippen molar-refractivity contribution >= 4 is 5.97 Å². The van der Waals surface area contributed by atoms with Gasteiger partial charge in [0.15, 0.2) is 0 Å². The zero-order valence-electron chi connectivity index (χ0n) is 29.6. The summed E-state index contributed by atoms with van der Waals surface area (Å²) in [4.78, 5) is 9.00. The van der Waals surface area contributed by atoms with Gasteiger partial charge in [-0.25, -0.2) is 0 Å². The van der Waals surface area contributed by atoms with Crippen LogP contribution in [0.15, 0.2) is 0 Å². The molecule has 0 aliphatic heterocycles. The first-order chi connectivity index (χ1) is 20.5. The Morgan fingerprint density at radius 1 is 0.405 bits per heavy atom. The topological polar surface area (TPSA) is 63.3 Å². The molecule has 0 spiro atoms. The van der Waals surface area contributed by atoms with E-state index in [4.69, 9.17) is 15.6 Å². The predicted molar refractivity (Wildman–Crippen MR) is 190 cm³/mol. The molecule has 0 fully saturated rings. The van der Waals surface area contributed by atoms with Crippen molar-refractivity contribution < 1.29 is 9.90 Å². The second-order valence-electron chi connectivity index (χ2n) is 13.5. The van der Waals surface area contributed by atoms with Gasteiger partial charge in [-0.2, -0.15) is 0 Å². The Bertz CT molecular complexity index is 441. The molecular weight excluding hydrogens is 514 g/mol. The van der Waals surface area contributed by atoms with E-state index >= 15 is 0 Å². The van der Waals surface area contributed by atoms with Crippen LogP contribution >= 0.6 is 0 Å². The van der Waals surface area contributed by atoms with Gasteiger partial charge in [0.2, 0.25) is 0 Å². The number of unbranched alkanes of at least 4 members (excludes halogenated alkanes) is 30. The van der Waals surface area contributed by atoms with E-state index in [1.807, 2.05) is 0 Å². The van der Waals surface area contributed by atoms with E-state index in [-0.39, 0.29) is 0 Å². The molecule has 254 valence electrons. The summed E-state index contributed by atoms with van der Waals surface area (Å²) in [6.45, 7) is 5.69. The Morgan fingerprint density at radius 3 is 0.714 bits per heavy atom. The van der Waals surface area contributed by atoms with Crippen LogP contribution in [0.4, 0.5) is 0 Å². The number of hydrogen-bond acceptors (Lipinski definition) is 2. The van der Waals surface area contributed by atoms with Crippen molar-refractivity contribution in [2.24, 2.45) is 5.73 Å². The van der Waals surface area contributed by atoms with Gasteiger partial charge < -0.3 is 10.8 Å². The van der Waals surface area contributed by atoms with E-state index in [0.717, 1.165) is 6.92 Å². The molecule has 0 aromatic heterocycles. The minimum atomic E-state index is -0.833. The highest BCUT2D eigenvalue weighted by Gasteiger charge is 2.03. The van der Waals surface area contributed by atoms with Crippen molar-refractivity contribution in [1.29, 1.82) is 0 Å². The zero-order valence-corrected chi connectivity index (χ0v) is 29.6. The molecule has 0 rings (SSSR count). The second-order valence-corrected chi connectivity index (χ2v) is 13.5. The van der Waals surface area contributed by atoms with Gasteiger partial charge in [-0.1, -0.05) is 219 Å². The Kier molecular flexibility index (Phi) is 41.9. The van der Waals surface area contributed by atoms with Crippen molar-refractivity contribution in [3.63, 3.8) is 0 Å². The van der Waals surface area contributed by atoms with Crippen molar-refractivity contribution in [2.45, 2.75) is 245 Å². The summed E-state index contributed by atoms with van der Waals surface area (Å²) in [5, 5.41) is 7.42. The minimum Gasteiger partial charge on any atom is -0.481 e. The largest absolute Gasteiger partial charge is 0.481 e. The number of rotatable bonds is 34. The van der Waals surface area contributed by atoms with Gasteiger partial charge >= 0.3 is 0 Å². The Balaban J connectivity index is 0. The summed E-state index contributed by atoms with van der Waals surface area (Å²) >= 11 is 0. The molecule has 3 nitrogen and oxygen atoms in total. The van der Waals surface area contributed by atoms with Crippen molar-refractivity contribution in [1.82, 2.24) is 0 Å². The molecule has 0 unspecified atom stereocenters. The van der Waals surface area contributed by atoms with Gasteiger partial charge in [0.1, 0.15) is 0 Å². The van der Waals surface area contributed by atoms with Crippen LogP contribution in [0.5, 0.6) is 0 Å². The molecule has 3 heteroatoms. The lowest BCUT2D eigenvalue weighted by atomic mass is 10.00. The smallest absolute Gasteiger partial charge is 0.300 e. The Labute approximate surface area is 266 Å². The lowest BCUT2D eigenvalue weighted by Gasteiger charge is -2.11. The predicted octanol–water partition coefficient (Wildman–Crippen LogP) is 13.7. The molecule has 0 amide bonds. The lowest BCUT2D eigenvalue weighted by Crippen LogP contribution is -2.19. The molecule has 0 saturated heterocycles. The number of aliphatic carboxylic acids is 1. The summed E-state index contributed by atoms with van der Waals surface area (Å²) in [5.74, 6) is -0.833. The molecule has 0 aromatic carbocycles. The van der Waals surface area contributed by atoms with Crippen LogP contribution in [0.25, 0.3) is 0 Å². The Hall–Kier alpha value is -0.570. The SMILES string of the molecule is CC(=O)O.CCCCCCCCCCCCCCCCCCC(N)CCCCCCCCCCCCCCCCCC. The highest BCUT2D eigenvalue weighted by atomic mass is 16.4. The summed E-state index contributed by atoms with van der Waals surface area (Å²) in [6.07, 6.45) is 48.9. The van der Waals surface area contributed by atoms with E-state index in [9.17, 15) is 0 Å². The van der Waals surface area contributed by atoms with E-state index in [0.29, 0.717) is 6.04 Å². The molecule has 3 N–H and O–H groups in total. The normalized spacial score (nSPS) is 11.2. The maximum atomic E-state index is 9.00. The van der Waals surface area contributed by atoms with Crippen LogP contribution in [-0.2, 0) is 4.79 Å². The fourth-order valence-electron chi connectivity index (χ4n) is 6.05. The first-order valence-electron chi connectivity index (χ1n) is 19.5. The van der Waals surface area contributed by atoms with Gasteiger partial charge in [-0.05, 0) is 12.8 Å². The number of nitrogens with two attached hydrogens (primary N) is 1. The van der Waals surface area contributed by atoms with Gasteiger partial charge in [0.25, 0.3) is 5.97 Å². The molecular formula is C39H81NO2. The minimum absolute atomic E-state index is 0.466. The van der Waals surface area contributed by atoms with E-state index in [2.05, 4.69) is 13.8 Å². The summed E-state index contributed by atoms with van der Waals surface area (Å²) in [5.41, 5.74) is 6.39. The van der Waals surface area contributed by atoms with Gasteiger partial charge in [0, 0.05) is 13.0 Å². The molecule has 0 aliphatic carbocycles. The highest BCUT2D eigenvalue weighted by Crippen LogP contribution is 2.17. The van der Waals surface area contributed by atoms with Crippen molar-refractivity contribution in [3.8, 4) is 0 Å². The van der Waals surface area contributed by atoms with Gasteiger partial charge in [-0.3, -0.25) is 4.79 Å². The van der Waals surface area contributed by atoms with Gasteiger partial charge in [-0.15, -0.1) is 0 Å². The molecule has 0 heterocycles. The third-order valence-electron chi connectivity index (χ3n) is 8.86. The quantitative estimate of drug-likeness (QED) is 0.0727.